The van der Waals surface area contributed by atoms with Crippen molar-refractivity contribution in [2.45, 2.75) is 32.0 Å². The van der Waals surface area contributed by atoms with Gasteiger partial charge in [-0.15, -0.1) is 5.10 Å². The fourth-order valence-corrected chi connectivity index (χ4v) is 3.17. The molecule has 1 aliphatic carbocycles. The molecule has 1 aliphatic rings. The number of fused-ring (bicyclic) bond motifs is 1. The molecule has 0 spiro atoms. The molecule has 152 valence electrons. The van der Waals surface area contributed by atoms with Crippen LogP contribution in [0.3, 0.4) is 0 Å². The molecule has 3 rings (SSSR count). The number of nitrogens with zero attached hydrogens (tertiary/aromatic N) is 3. The van der Waals surface area contributed by atoms with Crippen molar-refractivity contribution in [1.82, 2.24) is 15.1 Å². The van der Waals surface area contributed by atoms with Gasteiger partial charge in [-0.1, -0.05) is 24.3 Å². The number of halogens is 3. The molecule has 1 unspecified atom stereocenters. The molecule has 1 atom stereocenters. The number of carboxylic acid groups (broad SMARTS) is 1. The molecule has 0 saturated heterocycles. The molecule has 3 N–H and O–H groups in total. The largest absolute Gasteiger partial charge is 0.490 e. The molecule has 0 saturated carbocycles. The predicted molar refractivity (Wildman–Crippen MR) is 98.4 cm³/mol. The number of carbonyl (C=O) groups is 1. The maximum Gasteiger partial charge on any atom is 0.490 e. The van der Waals surface area contributed by atoms with E-state index in [9.17, 15) is 13.2 Å². The van der Waals surface area contributed by atoms with E-state index in [1.54, 1.807) is 0 Å². The lowest BCUT2D eigenvalue weighted by atomic mass is 9.84. The summed E-state index contributed by atoms with van der Waals surface area (Å²) in [6, 6.07) is 12.6. The van der Waals surface area contributed by atoms with Crippen molar-refractivity contribution in [3.05, 3.63) is 53.2 Å². The molecule has 28 heavy (non-hydrogen) atoms. The number of aliphatic carboxylic acids is 1. The van der Waals surface area contributed by atoms with E-state index in [2.05, 4.69) is 46.4 Å². The van der Waals surface area contributed by atoms with Gasteiger partial charge >= 0.3 is 12.1 Å². The summed E-state index contributed by atoms with van der Waals surface area (Å²) in [5.74, 6) is -1.55. The summed E-state index contributed by atoms with van der Waals surface area (Å²) in [7, 11) is 2.15. The van der Waals surface area contributed by atoms with E-state index >= 15 is 0 Å². The Morgan fingerprint density at radius 1 is 1.21 bits per heavy atom. The molecule has 6 nitrogen and oxygen atoms in total. The first-order valence-corrected chi connectivity index (χ1v) is 8.78. The molecule has 0 radical (unpaired) electrons. The van der Waals surface area contributed by atoms with E-state index in [4.69, 9.17) is 15.6 Å². The number of nitrogens with two attached hydrogens (primary N) is 1. The zero-order valence-electron chi connectivity index (χ0n) is 15.5. The van der Waals surface area contributed by atoms with Gasteiger partial charge in [-0.05, 0) is 55.5 Å². The van der Waals surface area contributed by atoms with Crippen LogP contribution in [0.25, 0.3) is 0 Å². The third-order valence-corrected chi connectivity index (χ3v) is 4.43. The Hall–Kier alpha value is -2.68. The van der Waals surface area contributed by atoms with Crippen LogP contribution in [-0.4, -0.2) is 45.9 Å². The second-order valence-electron chi connectivity index (χ2n) is 6.83. The summed E-state index contributed by atoms with van der Waals surface area (Å²) in [6.07, 6.45) is -1.42. The summed E-state index contributed by atoms with van der Waals surface area (Å²) in [5, 5.41) is 15.2. The summed E-state index contributed by atoms with van der Waals surface area (Å²) >= 11 is 0. The molecule has 0 aliphatic heterocycles. The molecule has 1 aromatic heterocycles. The van der Waals surface area contributed by atoms with Gasteiger partial charge in [-0.25, -0.2) is 4.79 Å². The molecule has 0 amide bonds. The number of hydrogen-bond acceptors (Lipinski definition) is 5. The molecule has 9 heteroatoms. The van der Waals surface area contributed by atoms with Gasteiger partial charge in [0.2, 0.25) is 0 Å². The number of alkyl halides is 3. The van der Waals surface area contributed by atoms with E-state index in [1.807, 2.05) is 12.1 Å². The normalized spacial score (nSPS) is 16.1. The lowest BCUT2D eigenvalue weighted by Gasteiger charge is -2.28. The van der Waals surface area contributed by atoms with Crippen LogP contribution >= 0.6 is 0 Å². The van der Waals surface area contributed by atoms with Crippen molar-refractivity contribution in [3.8, 4) is 0 Å². The topological polar surface area (TPSA) is 92.3 Å². The minimum absolute atomic E-state index is 0.477. The van der Waals surface area contributed by atoms with Crippen LogP contribution < -0.4 is 5.73 Å². The van der Waals surface area contributed by atoms with Crippen LogP contribution in [0.5, 0.6) is 0 Å². The Morgan fingerprint density at radius 2 is 1.86 bits per heavy atom. The maximum absolute atomic E-state index is 10.6. The highest BCUT2D eigenvalue weighted by Gasteiger charge is 2.38. The quantitative estimate of drug-likeness (QED) is 0.826. The van der Waals surface area contributed by atoms with Crippen molar-refractivity contribution in [2.75, 3.05) is 19.3 Å². The molecule has 2 aromatic rings. The number of nitrogen functional groups attached to an aromatic ring is 1. The number of benzene rings is 1. The van der Waals surface area contributed by atoms with Crippen molar-refractivity contribution >= 4 is 11.8 Å². The summed E-state index contributed by atoms with van der Waals surface area (Å²) in [5.41, 5.74) is 9.59. The smallest absolute Gasteiger partial charge is 0.475 e. The van der Waals surface area contributed by atoms with E-state index in [0.29, 0.717) is 5.82 Å². The highest BCUT2D eigenvalue weighted by molar-refractivity contribution is 5.73. The van der Waals surface area contributed by atoms with Crippen LogP contribution in [0.1, 0.15) is 23.2 Å². The van der Waals surface area contributed by atoms with Crippen molar-refractivity contribution in [1.29, 1.82) is 0 Å². The van der Waals surface area contributed by atoms with Gasteiger partial charge in [0.25, 0.3) is 0 Å². The standard InChI is InChI=1S/C17H22N4.C2HF3O2/c1-21(12-16-8-9-17(18)20-19-16)11-13-6-7-14-4-2-3-5-15(14)10-13;3-2(4,5)1(6)7/h2-5,8-9,13H,6-7,10-12H2,1H3,(H2,18,20);(H,6,7). The van der Waals surface area contributed by atoms with Crippen LogP contribution in [0.4, 0.5) is 19.0 Å². The zero-order chi connectivity index (χ0) is 20.7. The molecular formula is C19H23F3N4O2. The molecule has 1 heterocycles. The van der Waals surface area contributed by atoms with Crippen LogP contribution in [0.15, 0.2) is 36.4 Å². The lowest BCUT2D eigenvalue weighted by molar-refractivity contribution is -0.192. The molecule has 0 fully saturated rings. The summed E-state index contributed by atoms with van der Waals surface area (Å²) in [6.45, 7) is 1.92. The Balaban J connectivity index is 0.000000345. The molecule has 0 bridgehead atoms. The third kappa shape index (κ3) is 6.80. The third-order valence-electron chi connectivity index (χ3n) is 4.43. The van der Waals surface area contributed by atoms with Crippen molar-refractivity contribution < 1.29 is 23.1 Å². The minimum atomic E-state index is -5.08. The number of anilines is 1. The van der Waals surface area contributed by atoms with Gasteiger partial charge in [0.05, 0.1) is 5.69 Å². The Labute approximate surface area is 161 Å². The first-order valence-electron chi connectivity index (χ1n) is 8.78. The lowest BCUT2D eigenvalue weighted by Crippen LogP contribution is -2.29. The number of aryl methyl sites for hydroxylation is 1. The molecule has 1 aromatic carbocycles. The maximum atomic E-state index is 10.6. The average Bonchev–Trinajstić information content (AvgIpc) is 2.63. The van der Waals surface area contributed by atoms with E-state index in [1.165, 1.54) is 30.4 Å². The van der Waals surface area contributed by atoms with E-state index < -0.39 is 12.1 Å². The zero-order valence-corrected chi connectivity index (χ0v) is 15.5. The Bertz CT molecular complexity index is 781. The minimum Gasteiger partial charge on any atom is -0.475 e. The number of rotatable bonds is 4. The van der Waals surface area contributed by atoms with Gasteiger partial charge in [-0.2, -0.15) is 18.3 Å². The second-order valence-corrected chi connectivity index (χ2v) is 6.83. The van der Waals surface area contributed by atoms with Gasteiger partial charge in [0.15, 0.2) is 0 Å². The number of hydrogen-bond donors (Lipinski definition) is 2. The van der Waals surface area contributed by atoms with Crippen molar-refractivity contribution in [2.24, 2.45) is 5.92 Å². The first kappa shape index (κ1) is 21.6. The fourth-order valence-electron chi connectivity index (χ4n) is 3.17. The van der Waals surface area contributed by atoms with Gasteiger partial charge < -0.3 is 15.7 Å². The SMILES string of the molecule is CN(Cc1ccc(N)nn1)CC1CCc2ccccc2C1.O=C(O)C(F)(F)F. The van der Waals surface area contributed by atoms with Crippen LogP contribution in [0, 0.1) is 5.92 Å². The van der Waals surface area contributed by atoms with Crippen molar-refractivity contribution in [3.63, 3.8) is 0 Å². The van der Waals surface area contributed by atoms with Gasteiger partial charge in [-0.3, -0.25) is 0 Å². The summed E-state index contributed by atoms with van der Waals surface area (Å²) < 4.78 is 31.7. The summed E-state index contributed by atoms with van der Waals surface area (Å²) in [4.78, 5) is 11.2. The average molecular weight is 396 g/mol. The Morgan fingerprint density at radius 3 is 2.43 bits per heavy atom. The van der Waals surface area contributed by atoms with Crippen LogP contribution in [-0.2, 0) is 24.2 Å². The monoisotopic (exact) mass is 396 g/mol. The predicted octanol–water partition coefficient (Wildman–Crippen LogP) is 2.93. The van der Waals surface area contributed by atoms with E-state index in [-0.39, 0.29) is 0 Å². The fraction of sp³-hybridized carbons (Fsp3) is 0.421. The van der Waals surface area contributed by atoms with Crippen LogP contribution in [0.2, 0.25) is 0 Å². The van der Waals surface area contributed by atoms with E-state index in [0.717, 1.165) is 24.7 Å². The first-order chi connectivity index (χ1) is 13.1. The highest BCUT2D eigenvalue weighted by atomic mass is 19.4. The number of aromatic nitrogens is 2. The van der Waals surface area contributed by atoms with Gasteiger partial charge in [0.1, 0.15) is 5.82 Å². The Kier molecular flexibility index (Phi) is 7.33. The van der Waals surface area contributed by atoms with Gasteiger partial charge in [0, 0.05) is 13.1 Å². The molecular weight excluding hydrogens is 373 g/mol. The second kappa shape index (κ2) is 9.50. The highest BCUT2D eigenvalue weighted by Crippen LogP contribution is 2.26. The number of carboxylic acids is 1.